The molecule has 0 saturated heterocycles. The molecule has 0 atom stereocenters. The summed E-state index contributed by atoms with van der Waals surface area (Å²) in [5.74, 6) is 1.49. The molecule has 0 bridgehead atoms. The van der Waals surface area contributed by atoms with E-state index < -0.39 is 0 Å². The normalized spacial score (nSPS) is 21.1. The van der Waals surface area contributed by atoms with Crippen molar-refractivity contribution < 1.29 is 4.79 Å². The number of carbonyl (C=O) groups excluding carboxylic acids is 1. The third-order valence-corrected chi connectivity index (χ3v) is 6.15. The number of rotatable bonds is 5. The predicted octanol–water partition coefficient (Wildman–Crippen LogP) is 4.19. The lowest BCUT2D eigenvalue weighted by Crippen LogP contribution is -2.40. The van der Waals surface area contributed by atoms with Crippen molar-refractivity contribution in [1.29, 1.82) is 0 Å². The fraction of sp³-hybridized carbons (Fsp3) is 0.579. The topological polar surface area (TPSA) is 38.1 Å². The summed E-state index contributed by atoms with van der Waals surface area (Å²) in [5.41, 5.74) is 2.15. The van der Waals surface area contributed by atoms with E-state index in [0.29, 0.717) is 11.8 Å². The Bertz CT molecular complexity index is 704. The maximum Gasteiger partial charge on any atom is 0.233 e. The molecule has 1 amide bonds. The monoisotopic (exact) mass is 345 g/mol. The van der Waals surface area contributed by atoms with Crippen molar-refractivity contribution in [2.24, 2.45) is 5.92 Å². The lowest BCUT2D eigenvalue weighted by Gasteiger charge is -2.33. The van der Waals surface area contributed by atoms with Crippen LogP contribution >= 0.6 is 11.8 Å². The Balaban J connectivity index is 1.64. The Hall–Kier alpha value is -1.49. The van der Waals surface area contributed by atoms with E-state index in [0.717, 1.165) is 41.5 Å². The van der Waals surface area contributed by atoms with Gasteiger partial charge in [0.15, 0.2) is 5.16 Å². The van der Waals surface area contributed by atoms with Crippen molar-refractivity contribution in [3.8, 4) is 0 Å². The second-order valence-electron chi connectivity index (χ2n) is 6.83. The standard InChI is InChI=1S/C19H27N3OS/c1-4-22-17-8-6-5-7-16(17)20-19(22)24-13-18(23)21(3)15-11-9-14(2)10-12-15/h5-8,14-15H,4,9-13H2,1-3H3. The van der Waals surface area contributed by atoms with Crippen LogP contribution in [0.5, 0.6) is 0 Å². The molecule has 1 fully saturated rings. The molecule has 1 aliphatic rings. The molecule has 1 aliphatic carbocycles. The molecular formula is C19H27N3OS. The highest BCUT2D eigenvalue weighted by Crippen LogP contribution is 2.28. The van der Waals surface area contributed by atoms with E-state index in [9.17, 15) is 4.79 Å². The van der Waals surface area contributed by atoms with Gasteiger partial charge in [-0.1, -0.05) is 30.8 Å². The van der Waals surface area contributed by atoms with Gasteiger partial charge in [-0.2, -0.15) is 0 Å². The summed E-state index contributed by atoms with van der Waals surface area (Å²) >= 11 is 1.56. The van der Waals surface area contributed by atoms with Gasteiger partial charge in [-0.3, -0.25) is 4.79 Å². The summed E-state index contributed by atoms with van der Waals surface area (Å²) in [4.78, 5) is 19.2. The zero-order chi connectivity index (χ0) is 17.1. The van der Waals surface area contributed by atoms with Gasteiger partial charge in [-0.15, -0.1) is 0 Å². The molecular weight excluding hydrogens is 318 g/mol. The first-order valence-corrected chi connectivity index (χ1v) is 9.92. The second-order valence-corrected chi connectivity index (χ2v) is 7.78. The van der Waals surface area contributed by atoms with E-state index in [1.807, 2.05) is 30.1 Å². The van der Waals surface area contributed by atoms with Crippen LogP contribution in [0.2, 0.25) is 0 Å². The molecule has 3 rings (SSSR count). The van der Waals surface area contributed by atoms with Crippen LogP contribution in [-0.2, 0) is 11.3 Å². The number of aryl methyl sites for hydroxylation is 1. The minimum atomic E-state index is 0.217. The molecule has 2 aromatic rings. The van der Waals surface area contributed by atoms with Crippen molar-refractivity contribution >= 4 is 28.7 Å². The zero-order valence-corrected chi connectivity index (χ0v) is 15.7. The summed E-state index contributed by atoms with van der Waals surface area (Å²) in [5, 5.41) is 0.942. The van der Waals surface area contributed by atoms with Gasteiger partial charge in [0.25, 0.3) is 0 Å². The first kappa shape index (κ1) is 17.3. The molecule has 4 nitrogen and oxygen atoms in total. The van der Waals surface area contributed by atoms with Crippen LogP contribution in [-0.4, -0.2) is 39.2 Å². The number of thioether (sulfide) groups is 1. The van der Waals surface area contributed by atoms with Gasteiger partial charge in [0.1, 0.15) is 0 Å². The minimum Gasteiger partial charge on any atom is -0.342 e. The van der Waals surface area contributed by atoms with Crippen molar-refractivity contribution in [2.45, 2.75) is 57.3 Å². The van der Waals surface area contributed by atoms with Crippen LogP contribution in [0.15, 0.2) is 29.4 Å². The Morgan fingerprint density at radius 1 is 1.29 bits per heavy atom. The molecule has 1 heterocycles. The van der Waals surface area contributed by atoms with Crippen LogP contribution in [0.3, 0.4) is 0 Å². The number of hydrogen-bond donors (Lipinski definition) is 0. The number of nitrogens with zero attached hydrogens (tertiary/aromatic N) is 3. The van der Waals surface area contributed by atoms with E-state index >= 15 is 0 Å². The molecule has 0 unspecified atom stereocenters. The van der Waals surface area contributed by atoms with Gasteiger partial charge >= 0.3 is 0 Å². The van der Waals surface area contributed by atoms with Crippen LogP contribution in [0.4, 0.5) is 0 Å². The number of hydrogen-bond acceptors (Lipinski definition) is 3. The average Bonchev–Trinajstić information content (AvgIpc) is 2.97. The molecule has 0 radical (unpaired) electrons. The number of amides is 1. The Kier molecular flexibility index (Phi) is 5.49. The minimum absolute atomic E-state index is 0.217. The summed E-state index contributed by atoms with van der Waals surface area (Å²) in [7, 11) is 1.96. The quantitative estimate of drug-likeness (QED) is 0.763. The lowest BCUT2D eigenvalue weighted by molar-refractivity contribution is -0.129. The highest BCUT2D eigenvalue weighted by atomic mass is 32.2. The average molecular weight is 346 g/mol. The zero-order valence-electron chi connectivity index (χ0n) is 14.9. The second kappa shape index (κ2) is 7.60. The van der Waals surface area contributed by atoms with Crippen molar-refractivity contribution in [3.05, 3.63) is 24.3 Å². The first-order chi connectivity index (χ1) is 11.6. The molecule has 0 spiro atoms. The van der Waals surface area contributed by atoms with Gasteiger partial charge < -0.3 is 9.47 Å². The smallest absolute Gasteiger partial charge is 0.233 e. The van der Waals surface area contributed by atoms with Crippen LogP contribution < -0.4 is 0 Å². The van der Waals surface area contributed by atoms with Crippen LogP contribution in [0, 0.1) is 5.92 Å². The molecule has 130 valence electrons. The van der Waals surface area contributed by atoms with Gasteiger partial charge in [0.2, 0.25) is 5.91 Å². The number of fused-ring (bicyclic) bond motifs is 1. The van der Waals surface area contributed by atoms with E-state index in [2.05, 4.69) is 24.5 Å². The highest BCUT2D eigenvalue weighted by molar-refractivity contribution is 7.99. The van der Waals surface area contributed by atoms with Crippen molar-refractivity contribution in [2.75, 3.05) is 12.8 Å². The van der Waals surface area contributed by atoms with Gasteiger partial charge in [-0.25, -0.2) is 4.98 Å². The third-order valence-electron chi connectivity index (χ3n) is 5.19. The van der Waals surface area contributed by atoms with E-state index in [-0.39, 0.29) is 5.91 Å². The summed E-state index contributed by atoms with van der Waals surface area (Å²) < 4.78 is 2.19. The fourth-order valence-electron chi connectivity index (χ4n) is 3.53. The highest BCUT2D eigenvalue weighted by Gasteiger charge is 2.25. The van der Waals surface area contributed by atoms with Gasteiger partial charge in [0.05, 0.1) is 16.8 Å². The molecule has 5 heteroatoms. The van der Waals surface area contributed by atoms with Crippen molar-refractivity contribution in [3.63, 3.8) is 0 Å². The number of para-hydroxylation sites is 2. The predicted molar refractivity (Wildman–Crippen MR) is 100 cm³/mol. The van der Waals surface area contributed by atoms with E-state index in [1.165, 1.54) is 12.8 Å². The Morgan fingerprint density at radius 2 is 2.00 bits per heavy atom. The molecule has 1 aromatic heterocycles. The number of carbonyl (C=O) groups is 1. The Morgan fingerprint density at radius 3 is 2.71 bits per heavy atom. The van der Waals surface area contributed by atoms with Crippen LogP contribution in [0.1, 0.15) is 39.5 Å². The number of benzene rings is 1. The molecule has 1 aromatic carbocycles. The largest absolute Gasteiger partial charge is 0.342 e. The fourth-order valence-corrected chi connectivity index (χ4v) is 4.53. The van der Waals surface area contributed by atoms with E-state index in [4.69, 9.17) is 4.98 Å². The maximum atomic E-state index is 12.6. The van der Waals surface area contributed by atoms with Gasteiger partial charge in [0, 0.05) is 19.6 Å². The molecule has 0 aliphatic heterocycles. The summed E-state index contributed by atoms with van der Waals surface area (Å²) in [6, 6.07) is 8.58. The van der Waals surface area contributed by atoms with Crippen molar-refractivity contribution in [1.82, 2.24) is 14.5 Å². The van der Waals surface area contributed by atoms with Gasteiger partial charge in [-0.05, 0) is 50.7 Å². The number of imidazole rings is 1. The summed E-state index contributed by atoms with van der Waals surface area (Å²) in [6.07, 6.45) is 4.76. The first-order valence-electron chi connectivity index (χ1n) is 8.93. The molecule has 0 N–H and O–H groups in total. The SMILES string of the molecule is CCn1c(SCC(=O)N(C)C2CCC(C)CC2)nc2ccccc21. The summed E-state index contributed by atoms with van der Waals surface area (Å²) in [6.45, 7) is 5.30. The molecule has 24 heavy (non-hydrogen) atoms. The van der Waals surface area contributed by atoms with E-state index in [1.54, 1.807) is 11.8 Å². The molecule has 1 saturated carbocycles. The maximum absolute atomic E-state index is 12.6. The Labute approximate surface area is 148 Å². The van der Waals surface area contributed by atoms with Crippen LogP contribution in [0.25, 0.3) is 11.0 Å². The lowest BCUT2D eigenvalue weighted by atomic mass is 9.87. The third kappa shape index (κ3) is 3.61. The number of aromatic nitrogens is 2.